The minimum atomic E-state index is -0.752. The van der Waals surface area contributed by atoms with Crippen LogP contribution < -0.4 is 0 Å². The quantitative estimate of drug-likeness (QED) is 0.313. The van der Waals surface area contributed by atoms with Gasteiger partial charge in [0.1, 0.15) is 0 Å². The molecule has 0 atom stereocenters. The molecule has 7 heteroatoms. The van der Waals surface area contributed by atoms with Crippen molar-refractivity contribution in [2.45, 2.75) is 38.1 Å². The molecule has 2 aliphatic rings. The van der Waals surface area contributed by atoms with Crippen LogP contribution in [0.2, 0.25) is 0 Å². The van der Waals surface area contributed by atoms with Crippen LogP contribution in [0.1, 0.15) is 30.4 Å². The van der Waals surface area contributed by atoms with Crippen LogP contribution in [0.15, 0.2) is 54.6 Å². The summed E-state index contributed by atoms with van der Waals surface area (Å²) in [6, 6.07) is 17.1. The van der Waals surface area contributed by atoms with Gasteiger partial charge in [-0.25, -0.2) is 0 Å². The fourth-order valence-corrected chi connectivity index (χ4v) is 4.73. The molecule has 0 spiro atoms. The largest absolute Gasteiger partial charge is 0.375 e. The first-order valence-corrected chi connectivity index (χ1v) is 11.5. The van der Waals surface area contributed by atoms with Crippen LogP contribution in [0.3, 0.4) is 0 Å². The molecule has 7 nitrogen and oxygen atoms in total. The Bertz CT molecular complexity index is 862. The van der Waals surface area contributed by atoms with Gasteiger partial charge in [-0.05, 0) is 37.4 Å². The second-order valence-electron chi connectivity index (χ2n) is 8.70. The maximum Gasteiger partial charge on any atom is 0.272 e. The van der Waals surface area contributed by atoms with Crippen molar-refractivity contribution in [1.29, 1.82) is 0 Å². The molecule has 0 N–H and O–H groups in total. The van der Waals surface area contributed by atoms with Gasteiger partial charge in [0, 0.05) is 31.0 Å². The summed E-state index contributed by atoms with van der Waals surface area (Å²) in [4.78, 5) is 13.6. The van der Waals surface area contributed by atoms with Gasteiger partial charge in [-0.1, -0.05) is 48.5 Å². The van der Waals surface area contributed by atoms with Crippen molar-refractivity contribution < 1.29 is 19.1 Å². The molecule has 0 saturated carbocycles. The Morgan fingerprint density at radius 1 is 1.03 bits per heavy atom. The predicted octanol–water partition coefficient (Wildman–Crippen LogP) is 4.20. The van der Waals surface area contributed by atoms with Crippen molar-refractivity contribution >= 4 is 5.69 Å². The van der Waals surface area contributed by atoms with Crippen LogP contribution in [0.4, 0.5) is 5.69 Å². The number of rotatable bonds is 10. The lowest BCUT2D eigenvalue weighted by Crippen LogP contribution is -2.41. The third-order valence-corrected chi connectivity index (χ3v) is 6.43. The maximum absolute atomic E-state index is 11.4. The van der Waals surface area contributed by atoms with Crippen molar-refractivity contribution in [2.75, 3.05) is 39.5 Å². The van der Waals surface area contributed by atoms with Crippen molar-refractivity contribution in [3.05, 3.63) is 75.8 Å². The summed E-state index contributed by atoms with van der Waals surface area (Å²) in [5, 5.41) is 11.4. The Morgan fingerprint density at radius 3 is 2.44 bits per heavy atom. The van der Waals surface area contributed by atoms with E-state index in [4.69, 9.17) is 14.2 Å². The van der Waals surface area contributed by atoms with Crippen LogP contribution >= 0.6 is 0 Å². The van der Waals surface area contributed by atoms with E-state index in [9.17, 15) is 10.1 Å². The second kappa shape index (κ2) is 11.0. The minimum absolute atomic E-state index is 0.135. The first-order valence-electron chi connectivity index (χ1n) is 11.5. The van der Waals surface area contributed by atoms with Gasteiger partial charge in [-0.2, -0.15) is 0 Å². The number of piperidine rings is 1. The molecule has 2 aromatic carbocycles. The van der Waals surface area contributed by atoms with Gasteiger partial charge in [-0.15, -0.1) is 0 Å². The molecule has 2 fully saturated rings. The Morgan fingerprint density at radius 2 is 1.72 bits per heavy atom. The van der Waals surface area contributed by atoms with Gasteiger partial charge in [-0.3, -0.25) is 10.1 Å². The van der Waals surface area contributed by atoms with Gasteiger partial charge in [0.05, 0.1) is 31.4 Å². The number of ether oxygens (including phenoxy) is 3. The van der Waals surface area contributed by atoms with Crippen LogP contribution in [-0.4, -0.2) is 55.1 Å². The van der Waals surface area contributed by atoms with E-state index in [0.717, 1.165) is 45.5 Å². The Labute approximate surface area is 189 Å². The third kappa shape index (κ3) is 6.13. The fraction of sp³-hybridized carbons (Fsp3) is 0.520. The maximum atomic E-state index is 11.4. The van der Waals surface area contributed by atoms with Crippen LogP contribution in [0, 0.1) is 16.0 Å². The van der Waals surface area contributed by atoms with E-state index in [1.165, 1.54) is 5.56 Å². The summed E-state index contributed by atoms with van der Waals surface area (Å²) < 4.78 is 17.9. The van der Waals surface area contributed by atoms with Crippen molar-refractivity contribution in [3.8, 4) is 0 Å². The molecular formula is C25H32N2O5. The summed E-state index contributed by atoms with van der Waals surface area (Å²) in [5.74, 6) is -0.269. The van der Waals surface area contributed by atoms with Gasteiger partial charge in [0.2, 0.25) is 0 Å². The Kier molecular flexibility index (Phi) is 7.86. The molecule has 2 aromatic rings. The first kappa shape index (κ1) is 22.9. The second-order valence-corrected chi connectivity index (χ2v) is 8.70. The predicted molar refractivity (Wildman–Crippen MR) is 121 cm³/mol. The van der Waals surface area contributed by atoms with Crippen LogP contribution in [0.5, 0.6) is 0 Å². The molecule has 4 rings (SSSR count). The zero-order chi connectivity index (χ0) is 22.2. The topological polar surface area (TPSA) is 74.1 Å². The molecule has 32 heavy (non-hydrogen) atoms. The number of nitrogens with zero attached hydrogens (tertiary/aromatic N) is 2. The average Bonchev–Trinajstić information content (AvgIpc) is 3.26. The standard InChI is InChI=1S/C25H32N2O5/c28-27(29)24-9-5-4-8-23(24)19-25(31-16-17-32-25)18-21-10-12-26(13-11-21)14-15-30-20-22-6-2-1-3-7-22/h1-9,21H,10-20H2. The average molecular weight is 441 g/mol. The van der Waals surface area contributed by atoms with Crippen LogP contribution in [0.25, 0.3) is 0 Å². The lowest BCUT2D eigenvalue weighted by molar-refractivity contribution is -0.386. The van der Waals surface area contributed by atoms with Gasteiger partial charge >= 0.3 is 0 Å². The summed E-state index contributed by atoms with van der Waals surface area (Å²) >= 11 is 0. The molecule has 2 aliphatic heterocycles. The minimum Gasteiger partial charge on any atom is -0.375 e. The van der Waals surface area contributed by atoms with E-state index in [2.05, 4.69) is 17.0 Å². The zero-order valence-electron chi connectivity index (χ0n) is 18.5. The Balaban J connectivity index is 1.24. The van der Waals surface area contributed by atoms with E-state index >= 15 is 0 Å². The molecule has 0 aliphatic carbocycles. The third-order valence-electron chi connectivity index (χ3n) is 6.43. The number of para-hydroxylation sites is 1. The van der Waals surface area contributed by atoms with E-state index in [1.807, 2.05) is 30.3 Å². The zero-order valence-corrected chi connectivity index (χ0v) is 18.5. The number of hydrogen-bond acceptors (Lipinski definition) is 6. The highest BCUT2D eigenvalue weighted by molar-refractivity contribution is 5.40. The summed E-state index contributed by atoms with van der Waals surface area (Å²) in [7, 11) is 0. The number of hydrogen-bond donors (Lipinski definition) is 0. The molecule has 0 bridgehead atoms. The summed E-state index contributed by atoms with van der Waals surface area (Å²) in [5.41, 5.74) is 2.01. The van der Waals surface area contributed by atoms with E-state index in [0.29, 0.717) is 37.7 Å². The first-order chi connectivity index (χ1) is 15.6. The summed E-state index contributed by atoms with van der Waals surface area (Å²) in [6.07, 6.45) is 3.34. The van der Waals surface area contributed by atoms with Crippen LogP contribution in [-0.2, 0) is 27.2 Å². The lowest BCUT2D eigenvalue weighted by Gasteiger charge is -2.36. The number of benzene rings is 2. The molecule has 2 saturated heterocycles. The SMILES string of the molecule is O=[N+]([O-])c1ccccc1CC1(CC2CCN(CCOCc3ccccc3)CC2)OCCO1. The monoisotopic (exact) mass is 440 g/mol. The lowest BCUT2D eigenvalue weighted by atomic mass is 9.87. The highest BCUT2D eigenvalue weighted by Gasteiger charge is 2.41. The van der Waals surface area contributed by atoms with E-state index in [-0.39, 0.29) is 10.6 Å². The number of nitro benzene ring substituents is 1. The Hall–Kier alpha value is -2.32. The van der Waals surface area contributed by atoms with Gasteiger partial charge in [0.15, 0.2) is 5.79 Å². The molecule has 0 aromatic heterocycles. The van der Waals surface area contributed by atoms with Crippen molar-refractivity contribution in [1.82, 2.24) is 4.90 Å². The highest BCUT2D eigenvalue weighted by atomic mass is 16.7. The van der Waals surface area contributed by atoms with Gasteiger partial charge in [0.25, 0.3) is 5.69 Å². The molecule has 0 amide bonds. The molecule has 172 valence electrons. The van der Waals surface area contributed by atoms with E-state index < -0.39 is 5.79 Å². The molecule has 0 unspecified atom stereocenters. The molecule has 2 heterocycles. The molecule has 0 radical (unpaired) electrons. The normalized spacial score (nSPS) is 19.2. The summed E-state index contributed by atoms with van der Waals surface area (Å²) in [6.45, 7) is 5.46. The number of nitro groups is 1. The molecular weight excluding hydrogens is 408 g/mol. The van der Waals surface area contributed by atoms with Gasteiger partial charge < -0.3 is 19.1 Å². The van der Waals surface area contributed by atoms with Crippen molar-refractivity contribution in [3.63, 3.8) is 0 Å². The smallest absolute Gasteiger partial charge is 0.272 e. The fourth-order valence-electron chi connectivity index (χ4n) is 4.73. The highest BCUT2D eigenvalue weighted by Crippen LogP contribution is 2.36. The van der Waals surface area contributed by atoms with E-state index in [1.54, 1.807) is 12.1 Å². The van der Waals surface area contributed by atoms with Crippen molar-refractivity contribution in [2.24, 2.45) is 5.92 Å². The number of likely N-dealkylation sites (tertiary alicyclic amines) is 1.